The molecule has 0 atom stereocenters. The third kappa shape index (κ3) is 4.26. The lowest BCUT2D eigenvalue weighted by molar-refractivity contribution is -0.888. The fraction of sp³-hybridized carbons (Fsp3) is 0.300. The predicted molar refractivity (Wildman–Crippen MR) is 101 cm³/mol. The van der Waals surface area contributed by atoms with Crippen LogP contribution in [0.1, 0.15) is 24.5 Å². The highest BCUT2D eigenvalue weighted by Gasteiger charge is 2.21. The van der Waals surface area contributed by atoms with Crippen molar-refractivity contribution in [2.75, 3.05) is 27.2 Å². The highest BCUT2D eigenvalue weighted by molar-refractivity contribution is 7.99. The van der Waals surface area contributed by atoms with E-state index in [2.05, 4.69) is 63.5 Å². The van der Waals surface area contributed by atoms with E-state index in [0.29, 0.717) is 0 Å². The van der Waals surface area contributed by atoms with Gasteiger partial charge in [-0.1, -0.05) is 47.6 Å². The summed E-state index contributed by atoms with van der Waals surface area (Å²) >= 11 is 8.09. The summed E-state index contributed by atoms with van der Waals surface area (Å²) in [6.07, 6.45) is 3.46. The lowest BCUT2D eigenvalue weighted by Crippen LogP contribution is -3.00. The van der Waals surface area contributed by atoms with Crippen LogP contribution in [0.2, 0.25) is 5.02 Å². The first-order valence-corrected chi connectivity index (χ1v) is 9.29. The van der Waals surface area contributed by atoms with Crippen LogP contribution in [0.3, 0.4) is 0 Å². The van der Waals surface area contributed by atoms with E-state index in [-0.39, 0.29) is 17.0 Å². The summed E-state index contributed by atoms with van der Waals surface area (Å²) in [6, 6.07) is 14.9. The molecule has 4 heteroatoms. The van der Waals surface area contributed by atoms with Crippen molar-refractivity contribution < 1.29 is 21.5 Å². The zero-order valence-electron chi connectivity index (χ0n) is 14.4. The quantitative estimate of drug-likeness (QED) is 0.580. The largest absolute Gasteiger partial charge is 1.00 e. The van der Waals surface area contributed by atoms with Gasteiger partial charge in [0.1, 0.15) is 0 Å². The van der Waals surface area contributed by atoms with Crippen molar-refractivity contribution in [3.63, 3.8) is 0 Å². The average Bonchev–Trinajstić information content (AvgIpc) is 2.54. The highest BCUT2D eigenvalue weighted by atomic mass is 79.9. The second kappa shape index (κ2) is 8.09. The Morgan fingerprint density at radius 2 is 1.75 bits per heavy atom. The Hall–Kier alpha value is -0.740. The van der Waals surface area contributed by atoms with Crippen molar-refractivity contribution in [3.8, 4) is 0 Å². The second-order valence-electron chi connectivity index (χ2n) is 6.62. The molecule has 2 aromatic carbocycles. The Bertz CT molecular complexity index is 755. The average molecular weight is 425 g/mol. The number of rotatable bonds is 4. The monoisotopic (exact) mass is 423 g/mol. The summed E-state index contributed by atoms with van der Waals surface area (Å²) in [6.45, 7) is 4.54. The Morgan fingerprint density at radius 3 is 2.50 bits per heavy atom. The van der Waals surface area contributed by atoms with Crippen molar-refractivity contribution in [2.45, 2.75) is 23.1 Å². The van der Waals surface area contributed by atoms with E-state index < -0.39 is 0 Å². The van der Waals surface area contributed by atoms with E-state index in [4.69, 9.17) is 11.6 Å². The standard InChI is InChI=1S/C20H23ClNS.BrH/c1-4-22(2,3)13-7-9-16-17-8-5-6-10-19(17)23-20-12-11-15(21)14-18(16)20;/h5-6,8-12,14H,4,7,13H2,1-3H3;1H/q+1;/p-1/b16-9-;. The topological polar surface area (TPSA) is 0 Å². The molecule has 0 radical (unpaired) electrons. The van der Waals surface area contributed by atoms with E-state index >= 15 is 0 Å². The number of hydrogen-bond donors (Lipinski definition) is 0. The van der Waals surface area contributed by atoms with Crippen LogP contribution < -0.4 is 17.0 Å². The molecule has 128 valence electrons. The van der Waals surface area contributed by atoms with E-state index in [1.165, 1.54) is 26.5 Å². The Morgan fingerprint density at radius 1 is 1.04 bits per heavy atom. The summed E-state index contributed by atoms with van der Waals surface area (Å²) < 4.78 is 1.04. The molecule has 0 amide bonds. The molecule has 0 spiro atoms. The van der Waals surface area contributed by atoms with E-state index in [9.17, 15) is 0 Å². The van der Waals surface area contributed by atoms with Gasteiger partial charge in [0.25, 0.3) is 0 Å². The molecule has 0 bridgehead atoms. The summed E-state index contributed by atoms with van der Waals surface area (Å²) in [5.74, 6) is 0. The number of halogens is 2. The SMILES string of the molecule is CC[N+](C)(C)CC/C=C1/c2ccccc2Sc2ccc(Cl)cc21.[Br-]. The molecule has 2 aromatic rings. The van der Waals surface area contributed by atoms with Gasteiger partial charge in [-0.2, -0.15) is 0 Å². The van der Waals surface area contributed by atoms with Gasteiger partial charge in [-0.25, -0.2) is 0 Å². The minimum absolute atomic E-state index is 0. The molecule has 0 aromatic heterocycles. The van der Waals surface area contributed by atoms with Gasteiger partial charge in [0.05, 0.1) is 27.2 Å². The Balaban J connectivity index is 0.00000208. The first-order valence-electron chi connectivity index (χ1n) is 8.09. The predicted octanol–water partition coefficient (Wildman–Crippen LogP) is 2.73. The van der Waals surface area contributed by atoms with Crippen molar-refractivity contribution >= 4 is 28.9 Å². The van der Waals surface area contributed by atoms with Crippen molar-refractivity contribution in [2.24, 2.45) is 0 Å². The zero-order valence-corrected chi connectivity index (χ0v) is 17.5. The molecule has 0 saturated carbocycles. The third-order valence-corrected chi connectivity index (χ3v) is 5.95. The highest BCUT2D eigenvalue weighted by Crippen LogP contribution is 2.46. The van der Waals surface area contributed by atoms with Crippen LogP contribution in [-0.2, 0) is 0 Å². The van der Waals surface area contributed by atoms with Crippen LogP contribution in [0.25, 0.3) is 5.57 Å². The van der Waals surface area contributed by atoms with Crippen LogP contribution in [0.15, 0.2) is 58.3 Å². The van der Waals surface area contributed by atoms with Gasteiger partial charge in [0.15, 0.2) is 0 Å². The minimum Gasteiger partial charge on any atom is -1.00 e. The molecule has 1 heterocycles. The summed E-state index contributed by atoms with van der Waals surface area (Å²) in [7, 11) is 4.57. The number of nitrogens with zero attached hydrogens (tertiary/aromatic N) is 1. The summed E-state index contributed by atoms with van der Waals surface area (Å²) in [4.78, 5) is 2.63. The van der Waals surface area contributed by atoms with Gasteiger partial charge in [-0.3, -0.25) is 0 Å². The molecule has 0 saturated heterocycles. The molecule has 1 aliphatic rings. The van der Waals surface area contributed by atoms with E-state index in [0.717, 1.165) is 29.0 Å². The van der Waals surface area contributed by atoms with Crippen LogP contribution in [0.5, 0.6) is 0 Å². The summed E-state index contributed by atoms with van der Waals surface area (Å²) in [5, 5.41) is 0.805. The maximum atomic E-state index is 6.26. The Labute approximate surface area is 165 Å². The van der Waals surface area contributed by atoms with Crippen LogP contribution in [0, 0.1) is 0 Å². The van der Waals surface area contributed by atoms with Gasteiger partial charge in [0.2, 0.25) is 0 Å². The van der Waals surface area contributed by atoms with Crippen molar-refractivity contribution in [1.29, 1.82) is 0 Å². The fourth-order valence-corrected chi connectivity index (χ4v) is 4.04. The van der Waals surface area contributed by atoms with Crippen molar-refractivity contribution in [1.82, 2.24) is 0 Å². The lowest BCUT2D eigenvalue weighted by Gasteiger charge is -2.28. The van der Waals surface area contributed by atoms with E-state index in [1.807, 2.05) is 17.8 Å². The molecule has 24 heavy (non-hydrogen) atoms. The van der Waals surface area contributed by atoms with Crippen molar-refractivity contribution in [3.05, 3.63) is 64.7 Å². The Kier molecular flexibility index (Phi) is 6.60. The van der Waals surface area contributed by atoms with Gasteiger partial charge < -0.3 is 21.5 Å². The normalized spacial score (nSPS) is 14.8. The van der Waals surface area contributed by atoms with Gasteiger partial charge in [0, 0.05) is 21.2 Å². The molecule has 0 aliphatic carbocycles. The molecule has 1 nitrogen and oxygen atoms in total. The number of fused-ring (bicyclic) bond motifs is 2. The maximum Gasteiger partial charge on any atom is 0.0817 e. The van der Waals surface area contributed by atoms with Crippen LogP contribution >= 0.6 is 23.4 Å². The minimum atomic E-state index is 0. The zero-order chi connectivity index (χ0) is 16.4. The smallest absolute Gasteiger partial charge is 0.0817 e. The first kappa shape index (κ1) is 19.6. The third-order valence-electron chi connectivity index (χ3n) is 4.57. The molecule has 0 N–H and O–H groups in total. The molecular formula is C20H23BrClNS. The second-order valence-corrected chi connectivity index (χ2v) is 8.14. The van der Waals surface area contributed by atoms with E-state index in [1.54, 1.807) is 0 Å². The van der Waals surface area contributed by atoms with Gasteiger partial charge >= 0.3 is 0 Å². The number of hydrogen-bond acceptors (Lipinski definition) is 1. The molecule has 1 aliphatic heterocycles. The first-order chi connectivity index (χ1) is 11.0. The number of benzene rings is 2. The van der Waals surface area contributed by atoms with Gasteiger partial charge in [-0.15, -0.1) is 0 Å². The molecule has 0 fully saturated rings. The summed E-state index contributed by atoms with van der Waals surface area (Å²) in [5.41, 5.74) is 3.92. The van der Waals surface area contributed by atoms with Gasteiger partial charge in [-0.05, 0) is 47.9 Å². The maximum absolute atomic E-state index is 6.26. The lowest BCUT2D eigenvalue weighted by atomic mass is 9.96. The fourth-order valence-electron chi connectivity index (χ4n) is 2.78. The molecule has 0 unspecified atom stereocenters. The molecule has 3 rings (SSSR count). The van der Waals surface area contributed by atoms with Crippen LogP contribution in [-0.4, -0.2) is 31.7 Å². The van der Waals surface area contributed by atoms with Crippen LogP contribution in [0.4, 0.5) is 0 Å². The molecular weight excluding hydrogens is 402 g/mol. The number of quaternary nitrogens is 1.